The van der Waals surface area contributed by atoms with Crippen LogP contribution in [0.25, 0.3) is 0 Å². The van der Waals surface area contributed by atoms with Gasteiger partial charge in [-0.3, -0.25) is 14.9 Å². The molecule has 0 bridgehead atoms. The van der Waals surface area contributed by atoms with Crippen molar-refractivity contribution in [1.82, 2.24) is 0 Å². The Labute approximate surface area is 190 Å². The smallest absolute Gasteiger partial charge is 0.235 e. The van der Waals surface area contributed by atoms with Gasteiger partial charge in [0.25, 0.3) is 0 Å². The van der Waals surface area contributed by atoms with E-state index in [1.54, 1.807) is 36.9 Å². The molecule has 0 saturated carbocycles. The number of aryl methyl sites for hydroxylation is 2. The lowest BCUT2D eigenvalue weighted by Crippen LogP contribution is -2.35. The van der Waals surface area contributed by atoms with Gasteiger partial charge in [0, 0.05) is 29.9 Å². The molecule has 0 spiro atoms. The second-order valence-corrected chi connectivity index (χ2v) is 10.0. The molecule has 0 radical (unpaired) electrons. The third-order valence-electron chi connectivity index (χ3n) is 5.27. The van der Waals surface area contributed by atoms with E-state index in [1.807, 2.05) is 24.3 Å². The van der Waals surface area contributed by atoms with Gasteiger partial charge in [0.15, 0.2) is 0 Å². The van der Waals surface area contributed by atoms with Crippen molar-refractivity contribution in [3.8, 4) is 0 Å². The molecule has 0 aromatic heterocycles. The monoisotopic (exact) mass is 464 g/mol. The molecule has 2 aromatic carbocycles. The van der Waals surface area contributed by atoms with Crippen molar-refractivity contribution in [2.75, 3.05) is 16.2 Å². The number of nitrogens with one attached hydrogen (secondary N) is 2. The van der Waals surface area contributed by atoms with Crippen molar-refractivity contribution in [1.29, 1.82) is 5.41 Å². The third kappa shape index (κ3) is 5.98. The Balaban J connectivity index is 0.00000341. The fourth-order valence-corrected chi connectivity index (χ4v) is 4.13. The maximum Gasteiger partial charge on any atom is 0.235 e. The molecule has 168 valence electrons. The number of hydrogen-bond donors (Lipinski definition) is 3. The Morgan fingerprint density at radius 3 is 2.48 bits per heavy atom. The van der Waals surface area contributed by atoms with Gasteiger partial charge >= 0.3 is 0 Å². The number of nitrogens with zero attached hydrogens (tertiary/aromatic N) is 1. The number of hydrogen-bond acceptors (Lipinski definition) is 4. The van der Waals surface area contributed by atoms with E-state index in [1.165, 1.54) is 0 Å². The lowest BCUT2D eigenvalue weighted by molar-refractivity contribution is -0.118. The average Bonchev–Trinajstić information content (AvgIpc) is 2.71. The van der Waals surface area contributed by atoms with E-state index in [4.69, 9.17) is 11.1 Å². The quantitative estimate of drug-likeness (QED) is 0.429. The molecule has 0 aliphatic carbocycles. The first-order valence-electron chi connectivity index (χ1n) is 10.1. The molecule has 0 saturated heterocycles. The fraction of sp³-hybridized carbons (Fsp3) is 0.364. The van der Waals surface area contributed by atoms with Crippen LogP contribution in [0.3, 0.4) is 0 Å². The second kappa shape index (κ2) is 10.2. The van der Waals surface area contributed by atoms with Crippen LogP contribution in [0.4, 0.5) is 11.4 Å². The Kier molecular flexibility index (Phi) is 8.08. The minimum Gasteiger partial charge on any atom is -0.384 e. The fourth-order valence-electron chi connectivity index (χ4n) is 3.44. The molecular formula is C22H29ClN4O3S. The number of amidine groups is 1. The maximum atomic E-state index is 12.9. The Morgan fingerprint density at radius 2 is 1.87 bits per heavy atom. The van der Waals surface area contributed by atoms with E-state index >= 15 is 0 Å². The summed E-state index contributed by atoms with van der Waals surface area (Å²) >= 11 is 0. The number of anilines is 2. The summed E-state index contributed by atoms with van der Waals surface area (Å²) in [4.78, 5) is 14.7. The second-order valence-electron chi connectivity index (χ2n) is 7.80. The van der Waals surface area contributed by atoms with Crippen LogP contribution in [-0.4, -0.2) is 32.0 Å². The summed E-state index contributed by atoms with van der Waals surface area (Å²) in [6, 6.07) is 12.7. The van der Waals surface area contributed by atoms with Crippen LogP contribution in [-0.2, 0) is 27.7 Å². The molecule has 0 atom stereocenters. The van der Waals surface area contributed by atoms with Gasteiger partial charge in [0.1, 0.15) is 5.84 Å². The van der Waals surface area contributed by atoms with E-state index in [0.29, 0.717) is 30.6 Å². The van der Waals surface area contributed by atoms with Gasteiger partial charge in [-0.2, -0.15) is 0 Å². The van der Waals surface area contributed by atoms with E-state index in [-0.39, 0.29) is 24.1 Å². The Bertz CT molecular complexity index is 1050. The van der Waals surface area contributed by atoms with Crippen molar-refractivity contribution in [3.63, 3.8) is 0 Å². The van der Waals surface area contributed by atoms with E-state index in [2.05, 4.69) is 4.72 Å². The lowest BCUT2D eigenvalue weighted by Gasteiger charge is -2.30. The minimum absolute atomic E-state index is 0. The van der Waals surface area contributed by atoms with Gasteiger partial charge in [-0.1, -0.05) is 24.3 Å². The molecule has 4 N–H and O–H groups in total. The zero-order valence-corrected chi connectivity index (χ0v) is 19.4. The highest BCUT2D eigenvalue weighted by atomic mass is 35.5. The first-order valence-corrected chi connectivity index (χ1v) is 11.6. The number of amides is 1. The van der Waals surface area contributed by atoms with Crippen LogP contribution >= 0.6 is 12.4 Å². The summed E-state index contributed by atoms with van der Waals surface area (Å²) in [5.41, 5.74) is 9.51. The Hall–Kier alpha value is -2.58. The minimum atomic E-state index is -3.41. The van der Waals surface area contributed by atoms with Crippen molar-refractivity contribution in [2.45, 2.75) is 44.8 Å². The number of halogens is 1. The number of sulfonamides is 1. The molecule has 2 aromatic rings. The first kappa shape index (κ1) is 24.7. The molecule has 0 fully saturated rings. The molecule has 3 rings (SSSR count). The van der Waals surface area contributed by atoms with Crippen LogP contribution in [0.1, 0.15) is 43.4 Å². The molecule has 7 nitrogen and oxygen atoms in total. The summed E-state index contributed by atoms with van der Waals surface area (Å²) in [6.07, 6.45) is 2.63. The molecule has 1 amide bonds. The molecule has 1 aliphatic rings. The van der Waals surface area contributed by atoms with Crippen LogP contribution in [0.5, 0.6) is 0 Å². The van der Waals surface area contributed by atoms with Gasteiger partial charge < -0.3 is 10.6 Å². The van der Waals surface area contributed by atoms with Crippen LogP contribution in [0.15, 0.2) is 42.5 Å². The highest BCUT2D eigenvalue weighted by Crippen LogP contribution is 2.31. The third-order valence-corrected chi connectivity index (χ3v) is 7.03. The number of rotatable bonds is 7. The summed E-state index contributed by atoms with van der Waals surface area (Å²) in [5.74, 6) is 0.0692. The molecule has 1 aliphatic heterocycles. The van der Waals surface area contributed by atoms with Gasteiger partial charge in [-0.25, -0.2) is 8.42 Å². The number of carbonyl (C=O) groups is 1. The predicted octanol–water partition coefficient (Wildman–Crippen LogP) is 3.45. The number of nitrogen functional groups attached to an aromatic ring is 1. The van der Waals surface area contributed by atoms with Crippen molar-refractivity contribution in [2.24, 2.45) is 5.73 Å². The largest absolute Gasteiger partial charge is 0.384 e. The SMILES string of the molecule is CC(C)S(=O)(=O)Nc1ccc2c(c1)CCCN2C(=O)CCc1ccc(C(=N)N)cc1.Cl. The zero-order chi connectivity index (χ0) is 21.9. The normalized spacial score (nSPS) is 13.3. The lowest BCUT2D eigenvalue weighted by atomic mass is 10.00. The molecular weight excluding hydrogens is 436 g/mol. The zero-order valence-electron chi connectivity index (χ0n) is 17.7. The summed E-state index contributed by atoms with van der Waals surface area (Å²) in [7, 11) is -3.41. The molecule has 1 heterocycles. The topological polar surface area (TPSA) is 116 Å². The number of carbonyl (C=O) groups excluding carboxylic acids is 1. The Morgan fingerprint density at radius 1 is 1.19 bits per heavy atom. The van der Waals surface area contributed by atoms with E-state index < -0.39 is 15.3 Å². The number of fused-ring (bicyclic) bond motifs is 1. The highest BCUT2D eigenvalue weighted by molar-refractivity contribution is 7.93. The summed E-state index contributed by atoms with van der Waals surface area (Å²) in [5, 5.41) is 6.92. The average molecular weight is 465 g/mol. The summed E-state index contributed by atoms with van der Waals surface area (Å²) in [6.45, 7) is 3.93. The van der Waals surface area contributed by atoms with Crippen LogP contribution < -0.4 is 15.4 Å². The van der Waals surface area contributed by atoms with Crippen LogP contribution in [0.2, 0.25) is 0 Å². The van der Waals surface area contributed by atoms with Gasteiger partial charge in [0.2, 0.25) is 15.9 Å². The van der Waals surface area contributed by atoms with Crippen molar-refractivity contribution in [3.05, 3.63) is 59.2 Å². The van der Waals surface area contributed by atoms with Crippen molar-refractivity contribution < 1.29 is 13.2 Å². The highest BCUT2D eigenvalue weighted by Gasteiger charge is 2.23. The molecule has 0 unspecified atom stereocenters. The number of nitrogens with two attached hydrogens (primary N) is 1. The number of benzene rings is 2. The molecule has 9 heteroatoms. The molecule has 31 heavy (non-hydrogen) atoms. The van der Waals surface area contributed by atoms with Gasteiger partial charge in [-0.15, -0.1) is 12.4 Å². The maximum absolute atomic E-state index is 12.9. The van der Waals surface area contributed by atoms with Crippen molar-refractivity contribution >= 4 is 45.5 Å². The predicted molar refractivity (Wildman–Crippen MR) is 128 cm³/mol. The van der Waals surface area contributed by atoms with E-state index in [0.717, 1.165) is 29.7 Å². The van der Waals surface area contributed by atoms with Crippen LogP contribution in [0, 0.1) is 5.41 Å². The van der Waals surface area contributed by atoms with E-state index in [9.17, 15) is 13.2 Å². The summed E-state index contributed by atoms with van der Waals surface area (Å²) < 4.78 is 26.9. The standard InChI is InChI=1S/C22H28N4O3S.ClH/c1-15(2)30(28,29)25-19-10-11-20-18(14-19)4-3-13-26(20)21(27)12-7-16-5-8-17(9-6-16)22(23)24;/h5-6,8-11,14-15,25H,3-4,7,12-13H2,1-2H3,(H3,23,24);1H. The first-order chi connectivity index (χ1) is 14.2. The van der Waals surface area contributed by atoms with Gasteiger partial charge in [-0.05, 0) is 62.4 Å². The van der Waals surface area contributed by atoms with Gasteiger partial charge in [0.05, 0.1) is 5.25 Å².